The number of carbonyl (C=O) groups excluding carboxylic acids is 1. The smallest absolute Gasteiger partial charge is 0.186 e. The molecule has 1 aromatic rings. The average molecular weight is 239 g/mol. The van der Waals surface area contributed by atoms with Gasteiger partial charge >= 0.3 is 0 Å². The molecule has 1 aliphatic heterocycles. The molecule has 2 rings (SSSR count). The Kier molecular flexibility index (Phi) is 4.09. The molecule has 0 saturated carbocycles. The Morgan fingerprint density at radius 1 is 1.62 bits per heavy atom. The van der Waals surface area contributed by atoms with E-state index in [1.54, 1.807) is 0 Å². The zero-order valence-electron chi connectivity index (χ0n) is 9.26. The fourth-order valence-electron chi connectivity index (χ4n) is 2.16. The van der Waals surface area contributed by atoms with E-state index in [0.29, 0.717) is 12.5 Å². The van der Waals surface area contributed by atoms with Gasteiger partial charge in [-0.3, -0.25) is 9.69 Å². The van der Waals surface area contributed by atoms with Gasteiger partial charge in [-0.2, -0.15) is 0 Å². The summed E-state index contributed by atoms with van der Waals surface area (Å²) < 4.78 is 0. The van der Waals surface area contributed by atoms with Crippen LogP contribution >= 0.6 is 11.3 Å². The first-order chi connectivity index (χ1) is 7.79. The highest BCUT2D eigenvalue weighted by molar-refractivity contribution is 7.12. The number of Topliss-reactive ketones (excluding diaryl/α,β-unsaturated/α-hetero) is 1. The zero-order chi connectivity index (χ0) is 11.4. The normalized spacial score (nSPS) is 22.2. The summed E-state index contributed by atoms with van der Waals surface area (Å²) >= 11 is 1.50. The van der Waals surface area contributed by atoms with Crippen LogP contribution in [0.25, 0.3) is 0 Å². The van der Waals surface area contributed by atoms with Gasteiger partial charge in [0.2, 0.25) is 0 Å². The predicted molar refractivity (Wildman–Crippen MR) is 64.9 cm³/mol. The van der Waals surface area contributed by atoms with Crippen molar-refractivity contribution in [2.24, 2.45) is 5.92 Å². The number of rotatable bonds is 4. The second-order valence-corrected chi connectivity index (χ2v) is 5.27. The number of hydrogen-bond acceptors (Lipinski definition) is 4. The molecule has 1 aromatic heterocycles. The van der Waals surface area contributed by atoms with E-state index >= 15 is 0 Å². The van der Waals surface area contributed by atoms with Gasteiger partial charge in [-0.15, -0.1) is 11.3 Å². The number of likely N-dealkylation sites (tertiary alicyclic amines) is 1. The van der Waals surface area contributed by atoms with E-state index in [1.165, 1.54) is 11.3 Å². The summed E-state index contributed by atoms with van der Waals surface area (Å²) in [6, 6.07) is 3.78. The second kappa shape index (κ2) is 5.57. The molecule has 1 fully saturated rings. The minimum Gasteiger partial charge on any atom is -0.396 e. The largest absolute Gasteiger partial charge is 0.396 e. The predicted octanol–water partition coefficient (Wildman–Crippen LogP) is 1.64. The highest BCUT2D eigenvalue weighted by Crippen LogP contribution is 2.17. The van der Waals surface area contributed by atoms with Crippen molar-refractivity contribution < 1.29 is 9.90 Å². The van der Waals surface area contributed by atoms with Gasteiger partial charge in [-0.25, -0.2) is 0 Å². The molecule has 1 N–H and O–H groups in total. The molecule has 4 heteroatoms. The standard InChI is InChI=1S/C12H17NO2S/c14-9-10-3-1-5-13(7-10)8-11(15)12-4-2-6-16-12/h2,4,6,10,14H,1,3,5,7-9H2/t10-/m0/s1. The van der Waals surface area contributed by atoms with Crippen molar-refractivity contribution in [3.63, 3.8) is 0 Å². The van der Waals surface area contributed by atoms with Crippen LogP contribution in [0.15, 0.2) is 17.5 Å². The van der Waals surface area contributed by atoms with E-state index < -0.39 is 0 Å². The number of aliphatic hydroxyl groups is 1. The number of ketones is 1. The Morgan fingerprint density at radius 3 is 3.19 bits per heavy atom. The molecule has 0 unspecified atom stereocenters. The minimum absolute atomic E-state index is 0.202. The van der Waals surface area contributed by atoms with Crippen molar-refractivity contribution in [3.05, 3.63) is 22.4 Å². The van der Waals surface area contributed by atoms with Crippen LogP contribution in [0.3, 0.4) is 0 Å². The molecule has 0 aliphatic carbocycles. The van der Waals surface area contributed by atoms with Crippen molar-refractivity contribution >= 4 is 17.1 Å². The maximum absolute atomic E-state index is 11.9. The van der Waals surface area contributed by atoms with Crippen LogP contribution in [-0.2, 0) is 0 Å². The molecule has 0 radical (unpaired) electrons. The SMILES string of the molecule is O=C(CN1CCC[C@H](CO)C1)c1cccs1. The van der Waals surface area contributed by atoms with E-state index in [9.17, 15) is 4.79 Å². The van der Waals surface area contributed by atoms with E-state index in [0.717, 1.165) is 30.8 Å². The van der Waals surface area contributed by atoms with Crippen LogP contribution in [0, 0.1) is 5.92 Å². The van der Waals surface area contributed by atoms with Crippen LogP contribution in [0.1, 0.15) is 22.5 Å². The Bertz CT molecular complexity index is 337. The monoisotopic (exact) mass is 239 g/mol. The fraction of sp³-hybridized carbons (Fsp3) is 0.583. The zero-order valence-corrected chi connectivity index (χ0v) is 10.1. The fourth-order valence-corrected chi connectivity index (χ4v) is 2.82. The van der Waals surface area contributed by atoms with Crippen LogP contribution in [0.2, 0.25) is 0 Å². The lowest BCUT2D eigenvalue weighted by molar-refractivity contribution is 0.0837. The van der Waals surface area contributed by atoms with Gasteiger partial charge in [0, 0.05) is 13.2 Å². The van der Waals surface area contributed by atoms with Crippen molar-refractivity contribution in [2.45, 2.75) is 12.8 Å². The molecule has 0 bridgehead atoms. The molecule has 3 nitrogen and oxygen atoms in total. The molecular formula is C12H17NO2S. The number of piperidine rings is 1. The lowest BCUT2D eigenvalue weighted by atomic mass is 9.99. The maximum Gasteiger partial charge on any atom is 0.186 e. The second-order valence-electron chi connectivity index (χ2n) is 4.33. The molecule has 1 saturated heterocycles. The molecule has 88 valence electrons. The summed E-state index contributed by atoms with van der Waals surface area (Å²) in [5.74, 6) is 0.554. The molecule has 0 amide bonds. The summed E-state index contributed by atoms with van der Waals surface area (Å²) in [5.41, 5.74) is 0. The molecule has 0 spiro atoms. The Morgan fingerprint density at radius 2 is 2.50 bits per heavy atom. The highest BCUT2D eigenvalue weighted by Gasteiger charge is 2.21. The summed E-state index contributed by atoms with van der Waals surface area (Å²) in [6.45, 7) is 2.57. The molecule has 16 heavy (non-hydrogen) atoms. The number of carbonyl (C=O) groups is 1. The molecule has 0 aromatic carbocycles. The van der Waals surface area contributed by atoms with Gasteiger partial charge in [-0.05, 0) is 36.8 Å². The maximum atomic E-state index is 11.9. The number of nitrogens with zero attached hydrogens (tertiary/aromatic N) is 1. The molecule has 2 heterocycles. The molecular weight excluding hydrogens is 222 g/mol. The first-order valence-electron chi connectivity index (χ1n) is 5.69. The quantitative estimate of drug-likeness (QED) is 0.812. The third kappa shape index (κ3) is 2.90. The van der Waals surface area contributed by atoms with Gasteiger partial charge in [-0.1, -0.05) is 6.07 Å². The van der Waals surface area contributed by atoms with Crippen LogP contribution in [-0.4, -0.2) is 42.0 Å². The number of hydrogen-bond donors (Lipinski definition) is 1. The van der Waals surface area contributed by atoms with E-state index in [2.05, 4.69) is 4.90 Å². The van der Waals surface area contributed by atoms with Crippen LogP contribution < -0.4 is 0 Å². The molecule has 1 atom stereocenters. The lowest BCUT2D eigenvalue weighted by Crippen LogP contribution is -2.39. The van der Waals surface area contributed by atoms with E-state index in [4.69, 9.17) is 5.11 Å². The first kappa shape index (κ1) is 11.8. The van der Waals surface area contributed by atoms with Crippen LogP contribution in [0.5, 0.6) is 0 Å². The number of thiophene rings is 1. The number of aliphatic hydroxyl groups excluding tert-OH is 1. The van der Waals surface area contributed by atoms with E-state index in [1.807, 2.05) is 17.5 Å². The van der Waals surface area contributed by atoms with Crippen molar-refractivity contribution in [2.75, 3.05) is 26.2 Å². The Balaban J connectivity index is 1.87. The van der Waals surface area contributed by atoms with Gasteiger partial charge in [0.1, 0.15) is 0 Å². The third-order valence-electron chi connectivity index (χ3n) is 3.02. The summed E-state index contributed by atoms with van der Waals surface area (Å²) in [6.07, 6.45) is 2.17. The first-order valence-corrected chi connectivity index (χ1v) is 6.57. The lowest BCUT2D eigenvalue weighted by Gasteiger charge is -2.30. The summed E-state index contributed by atoms with van der Waals surface area (Å²) in [4.78, 5) is 14.9. The van der Waals surface area contributed by atoms with Crippen LogP contribution in [0.4, 0.5) is 0 Å². The summed E-state index contributed by atoms with van der Waals surface area (Å²) in [7, 11) is 0. The van der Waals surface area contributed by atoms with Crippen molar-refractivity contribution in [1.82, 2.24) is 4.90 Å². The summed E-state index contributed by atoms with van der Waals surface area (Å²) in [5, 5.41) is 11.0. The van der Waals surface area contributed by atoms with Gasteiger partial charge in [0.25, 0.3) is 0 Å². The third-order valence-corrected chi connectivity index (χ3v) is 3.94. The van der Waals surface area contributed by atoms with Gasteiger partial charge in [0.15, 0.2) is 5.78 Å². The highest BCUT2D eigenvalue weighted by atomic mass is 32.1. The minimum atomic E-state index is 0.202. The van der Waals surface area contributed by atoms with E-state index in [-0.39, 0.29) is 12.4 Å². The topological polar surface area (TPSA) is 40.5 Å². The molecule has 1 aliphatic rings. The Labute approximate surface area is 99.7 Å². The van der Waals surface area contributed by atoms with Crippen molar-refractivity contribution in [3.8, 4) is 0 Å². The van der Waals surface area contributed by atoms with Gasteiger partial charge < -0.3 is 5.11 Å². The Hall–Kier alpha value is -0.710. The van der Waals surface area contributed by atoms with Gasteiger partial charge in [0.05, 0.1) is 11.4 Å². The average Bonchev–Trinajstić information content (AvgIpc) is 2.83. The van der Waals surface area contributed by atoms with Crippen molar-refractivity contribution in [1.29, 1.82) is 0 Å².